The van der Waals surface area contributed by atoms with Gasteiger partial charge in [0, 0.05) is 6.21 Å². The van der Waals surface area contributed by atoms with E-state index in [0.29, 0.717) is 0 Å². The average molecular weight is 200 g/mol. The molecular formula is C6H4N2O4S. The van der Waals surface area contributed by atoms with E-state index in [1.807, 2.05) is 0 Å². The summed E-state index contributed by atoms with van der Waals surface area (Å²) in [5, 5.41) is 20.2. The molecule has 1 N–H and O–H groups in total. The molecule has 0 atom stereocenters. The predicted octanol–water partition coefficient (Wildman–Crippen LogP) is 0.848. The van der Waals surface area contributed by atoms with Crippen LogP contribution >= 0.6 is 11.8 Å². The molecule has 0 aliphatic carbocycles. The Morgan fingerprint density at radius 1 is 1.69 bits per heavy atom. The van der Waals surface area contributed by atoms with E-state index in [9.17, 15) is 14.9 Å². The van der Waals surface area contributed by atoms with Gasteiger partial charge in [-0.05, 0) is 11.5 Å². The van der Waals surface area contributed by atoms with E-state index in [1.165, 1.54) is 11.6 Å². The largest absolute Gasteiger partial charge is 0.473 e. The normalized spacial score (nSPS) is 18.5. The smallest absolute Gasteiger partial charge is 0.410 e. The van der Waals surface area contributed by atoms with Gasteiger partial charge in [0.05, 0.1) is 4.92 Å². The van der Waals surface area contributed by atoms with E-state index in [-0.39, 0.29) is 5.03 Å². The van der Waals surface area contributed by atoms with Crippen LogP contribution in [-0.2, 0) is 4.79 Å². The third-order valence-corrected chi connectivity index (χ3v) is 1.94. The van der Waals surface area contributed by atoms with Gasteiger partial charge in [-0.1, -0.05) is 11.8 Å². The van der Waals surface area contributed by atoms with E-state index in [4.69, 9.17) is 5.11 Å². The van der Waals surface area contributed by atoms with Gasteiger partial charge < -0.3 is 5.11 Å². The first-order valence-electron chi connectivity index (χ1n) is 3.10. The van der Waals surface area contributed by atoms with Crippen molar-refractivity contribution < 1.29 is 14.8 Å². The van der Waals surface area contributed by atoms with Crippen LogP contribution in [-0.4, -0.2) is 22.2 Å². The zero-order valence-electron chi connectivity index (χ0n) is 6.21. The Morgan fingerprint density at radius 3 is 2.77 bits per heavy atom. The molecule has 68 valence electrons. The summed E-state index contributed by atoms with van der Waals surface area (Å²) < 4.78 is 0. The highest BCUT2D eigenvalue weighted by atomic mass is 32.2. The number of nitro groups is 1. The van der Waals surface area contributed by atoms with E-state index >= 15 is 0 Å². The maximum Gasteiger partial charge on any atom is 0.410 e. The molecule has 0 spiro atoms. The van der Waals surface area contributed by atoms with Crippen LogP contribution in [0, 0.1) is 10.1 Å². The van der Waals surface area contributed by atoms with Crippen LogP contribution in [0.3, 0.4) is 0 Å². The van der Waals surface area contributed by atoms with Crippen molar-refractivity contribution in [1.82, 2.24) is 0 Å². The number of carboxylic acids is 1. The summed E-state index contributed by atoms with van der Waals surface area (Å²) in [5.74, 6) is -1.58. The number of hydrogen-bond acceptors (Lipinski definition) is 5. The topological polar surface area (TPSA) is 92.8 Å². The molecule has 0 aromatic carbocycles. The van der Waals surface area contributed by atoms with Crippen LogP contribution < -0.4 is 0 Å². The van der Waals surface area contributed by atoms with Gasteiger partial charge in [-0.3, -0.25) is 10.1 Å². The minimum Gasteiger partial charge on any atom is -0.473 e. The van der Waals surface area contributed by atoms with Crippen LogP contribution in [0.2, 0.25) is 0 Å². The van der Waals surface area contributed by atoms with Gasteiger partial charge in [0.25, 0.3) is 0 Å². The molecule has 0 unspecified atom stereocenters. The molecule has 0 aromatic heterocycles. The average Bonchev–Trinajstić information content (AvgIpc) is 2.04. The molecule has 0 radical (unpaired) electrons. The van der Waals surface area contributed by atoms with Crippen molar-refractivity contribution >= 4 is 23.9 Å². The second-order valence-electron chi connectivity index (χ2n) is 1.94. The molecule has 0 amide bonds. The number of rotatable bonds is 2. The monoisotopic (exact) mass is 200 g/mol. The predicted molar refractivity (Wildman–Crippen MR) is 46.9 cm³/mol. The summed E-state index contributed by atoms with van der Waals surface area (Å²) in [5.41, 5.74) is -0.898. The summed E-state index contributed by atoms with van der Waals surface area (Å²) in [4.78, 5) is 23.3. The molecule has 0 saturated carbocycles. The zero-order valence-corrected chi connectivity index (χ0v) is 7.02. The molecule has 0 fully saturated rings. The van der Waals surface area contributed by atoms with Crippen molar-refractivity contribution in [2.24, 2.45) is 4.99 Å². The van der Waals surface area contributed by atoms with Crippen molar-refractivity contribution in [2.75, 3.05) is 0 Å². The Morgan fingerprint density at radius 2 is 2.38 bits per heavy atom. The fourth-order valence-electron chi connectivity index (χ4n) is 0.645. The highest BCUT2D eigenvalue weighted by Crippen LogP contribution is 2.24. The van der Waals surface area contributed by atoms with Gasteiger partial charge in [0.15, 0.2) is 5.03 Å². The number of aliphatic imine (C=N–C) groups is 1. The number of hydrogen-bond donors (Lipinski definition) is 1. The summed E-state index contributed by atoms with van der Waals surface area (Å²) in [6.45, 7) is 0. The summed E-state index contributed by atoms with van der Waals surface area (Å²) >= 11 is 0.907. The van der Waals surface area contributed by atoms with Gasteiger partial charge >= 0.3 is 11.7 Å². The summed E-state index contributed by atoms with van der Waals surface area (Å²) in [6.07, 6.45) is 2.87. The molecular weight excluding hydrogens is 196 g/mol. The standard InChI is InChI=1S/C6H4N2O4S/c9-6(10)4(8(11)12)5-7-2-1-3-13-5/h1-3H,(H,9,10)/b5-4+. The number of allylic oxidation sites excluding steroid dienone is 1. The van der Waals surface area contributed by atoms with Crippen molar-refractivity contribution in [3.63, 3.8) is 0 Å². The van der Waals surface area contributed by atoms with E-state index < -0.39 is 16.6 Å². The molecule has 7 heteroatoms. The van der Waals surface area contributed by atoms with Gasteiger partial charge in [-0.2, -0.15) is 0 Å². The minimum absolute atomic E-state index is 0.111. The molecule has 6 nitrogen and oxygen atoms in total. The number of carboxylic acid groups (broad SMARTS) is 1. The number of thioether (sulfide) groups is 1. The fraction of sp³-hybridized carbons (Fsp3) is 0. The zero-order chi connectivity index (χ0) is 9.84. The van der Waals surface area contributed by atoms with Gasteiger partial charge in [0.2, 0.25) is 0 Å². The quantitative estimate of drug-likeness (QED) is 0.405. The Kier molecular flexibility index (Phi) is 2.80. The number of carbonyl (C=O) groups is 1. The van der Waals surface area contributed by atoms with Gasteiger partial charge in [-0.15, -0.1) is 0 Å². The molecule has 1 aliphatic heterocycles. The Labute approximate surface area is 76.8 Å². The lowest BCUT2D eigenvalue weighted by molar-refractivity contribution is -0.421. The van der Waals surface area contributed by atoms with Crippen LogP contribution in [0.15, 0.2) is 27.2 Å². The lowest BCUT2D eigenvalue weighted by Crippen LogP contribution is -2.12. The highest BCUT2D eigenvalue weighted by molar-refractivity contribution is 8.05. The molecule has 0 saturated heterocycles. The first kappa shape index (κ1) is 9.46. The highest BCUT2D eigenvalue weighted by Gasteiger charge is 2.27. The van der Waals surface area contributed by atoms with Crippen molar-refractivity contribution in [2.45, 2.75) is 0 Å². The Hall–Kier alpha value is -1.63. The van der Waals surface area contributed by atoms with E-state index in [1.54, 1.807) is 6.08 Å². The number of nitrogens with zero attached hydrogens (tertiary/aromatic N) is 2. The van der Waals surface area contributed by atoms with Crippen molar-refractivity contribution in [3.05, 3.63) is 32.3 Å². The summed E-state index contributed by atoms with van der Waals surface area (Å²) in [6, 6.07) is 0. The Bertz CT molecular complexity index is 329. The van der Waals surface area contributed by atoms with E-state index in [0.717, 1.165) is 11.8 Å². The molecule has 1 heterocycles. The maximum atomic E-state index is 10.4. The fourth-order valence-corrected chi connectivity index (χ4v) is 1.32. The van der Waals surface area contributed by atoms with Gasteiger partial charge in [0.1, 0.15) is 0 Å². The molecule has 0 bridgehead atoms. The lowest BCUT2D eigenvalue weighted by Gasteiger charge is -1.99. The second-order valence-corrected chi connectivity index (χ2v) is 2.84. The summed E-state index contributed by atoms with van der Waals surface area (Å²) in [7, 11) is 0. The van der Waals surface area contributed by atoms with Crippen LogP contribution in [0.1, 0.15) is 0 Å². The molecule has 13 heavy (non-hydrogen) atoms. The molecule has 1 rings (SSSR count). The van der Waals surface area contributed by atoms with Gasteiger partial charge in [-0.25, -0.2) is 9.79 Å². The van der Waals surface area contributed by atoms with Crippen LogP contribution in [0.4, 0.5) is 0 Å². The Balaban J connectivity index is 3.10. The first-order chi connectivity index (χ1) is 6.13. The third kappa shape index (κ3) is 2.15. The SMILES string of the molecule is O=C(O)/C(=C1/N=CC=CS1)[N+](=O)[O-]. The van der Waals surface area contributed by atoms with E-state index in [2.05, 4.69) is 4.99 Å². The molecule has 0 aromatic rings. The lowest BCUT2D eigenvalue weighted by atomic mass is 10.5. The van der Waals surface area contributed by atoms with Crippen molar-refractivity contribution in [1.29, 1.82) is 0 Å². The third-order valence-electron chi connectivity index (χ3n) is 1.12. The first-order valence-corrected chi connectivity index (χ1v) is 3.98. The minimum atomic E-state index is -1.58. The number of aliphatic carboxylic acids is 1. The van der Waals surface area contributed by atoms with Crippen molar-refractivity contribution in [3.8, 4) is 0 Å². The van der Waals surface area contributed by atoms with Crippen LogP contribution in [0.5, 0.6) is 0 Å². The molecule has 1 aliphatic rings. The maximum absolute atomic E-state index is 10.4. The van der Waals surface area contributed by atoms with Crippen LogP contribution in [0.25, 0.3) is 0 Å². The second kappa shape index (κ2) is 3.85.